The third-order valence-corrected chi connectivity index (χ3v) is 4.23. The van der Waals surface area contributed by atoms with Crippen molar-refractivity contribution in [2.75, 3.05) is 11.1 Å². The SMILES string of the molecule is CC(=O)Nc1ccc(SCC(=O)NCc2ccccc2OC(F)(F)F)cc1. The smallest absolute Gasteiger partial charge is 0.405 e. The van der Waals surface area contributed by atoms with Gasteiger partial charge in [0.15, 0.2) is 0 Å². The Bertz CT molecular complexity index is 795. The summed E-state index contributed by atoms with van der Waals surface area (Å²) in [5.74, 6) is -0.745. The van der Waals surface area contributed by atoms with Gasteiger partial charge >= 0.3 is 6.36 Å². The van der Waals surface area contributed by atoms with Gasteiger partial charge in [0.25, 0.3) is 0 Å². The standard InChI is InChI=1S/C18H17F3N2O3S/c1-12(24)23-14-6-8-15(9-7-14)27-11-17(25)22-10-13-4-2-3-5-16(13)26-18(19,20)21/h2-9H,10-11H2,1H3,(H,22,25)(H,23,24). The fourth-order valence-corrected chi connectivity index (χ4v) is 2.83. The summed E-state index contributed by atoms with van der Waals surface area (Å²) in [6, 6.07) is 12.6. The van der Waals surface area contributed by atoms with E-state index in [0.29, 0.717) is 5.69 Å². The van der Waals surface area contributed by atoms with E-state index in [1.807, 2.05) is 0 Å². The van der Waals surface area contributed by atoms with Crippen LogP contribution in [0.15, 0.2) is 53.4 Å². The van der Waals surface area contributed by atoms with Gasteiger partial charge in [0.1, 0.15) is 5.75 Å². The molecular weight excluding hydrogens is 381 g/mol. The summed E-state index contributed by atoms with van der Waals surface area (Å²) >= 11 is 1.27. The molecule has 2 amide bonds. The number of carbonyl (C=O) groups is 2. The van der Waals surface area contributed by atoms with Gasteiger partial charge in [0.05, 0.1) is 5.75 Å². The van der Waals surface area contributed by atoms with Crippen LogP contribution in [-0.4, -0.2) is 23.9 Å². The molecule has 0 radical (unpaired) electrons. The van der Waals surface area contributed by atoms with Crippen LogP contribution in [0.1, 0.15) is 12.5 Å². The average Bonchev–Trinajstić information content (AvgIpc) is 2.58. The van der Waals surface area contributed by atoms with E-state index >= 15 is 0 Å². The second-order valence-corrected chi connectivity index (χ2v) is 6.48. The van der Waals surface area contributed by atoms with Crippen molar-refractivity contribution in [3.05, 3.63) is 54.1 Å². The highest BCUT2D eigenvalue weighted by molar-refractivity contribution is 8.00. The fraction of sp³-hybridized carbons (Fsp3) is 0.222. The maximum absolute atomic E-state index is 12.4. The maximum atomic E-state index is 12.4. The first-order valence-corrected chi connectivity index (χ1v) is 8.82. The van der Waals surface area contributed by atoms with E-state index in [1.54, 1.807) is 30.3 Å². The van der Waals surface area contributed by atoms with Gasteiger partial charge in [-0.3, -0.25) is 9.59 Å². The van der Waals surface area contributed by atoms with Crippen LogP contribution in [0.4, 0.5) is 18.9 Å². The molecule has 0 bridgehead atoms. The van der Waals surface area contributed by atoms with Crippen LogP contribution in [0, 0.1) is 0 Å². The van der Waals surface area contributed by atoms with Gasteiger partial charge in [-0.15, -0.1) is 24.9 Å². The Morgan fingerprint density at radius 1 is 1.07 bits per heavy atom. The molecule has 0 aromatic heterocycles. The zero-order valence-corrected chi connectivity index (χ0v) is 15.1. The van der Waals surface area contributed by atoms with Crippen LogP contribution in [0.25, 0.3) is 0 Å². The molecular formula is C18H17F3N2O3S. The first-order valence-electron chi connectivity index (χ1n) is 7.84. The van der Waals surface area contributed by atoms with Crippen molar-refractivity contribution in [1.82, 2.24) is 5.32 Å². The highest BCUT2D eigenvalue weighted by atomic mass is 32.2. The molecule has 0 aliphatic carbocycles. The molecule has 0 saturated carbocycles. The molecule has 0 aliphatic rings. The van der Waals surface area contributed by atoms with Crippen LogP contribution >= 0.6 is 11.8 Å². The molecule has 2 aromatic rings. The zero-order chi connectivity index (χ0) is 19.9. The molecule has 2 rings (SSSR count). The number of hydrogen-bond donors (Lipinski definition) is 2. The lowest BCUT2D eigenvalue weighted by Gasteiger charge is -2.13. The van der Waals surface area contributed by atoms with E-state index in [2.05, 4.69) is 15.4 Å². The van der Waals surface area contributed by atoms with Crippen molar-refractivity contribution < 1.29 is 27.5 Å². The zero-order valence-electron chi connectivity index (χ0n) is 14.3. The molecule has 27 heavy (non-hydrogen) atoms. The molecule has 5 nitrogen and oxygen atoms in total. The molecule has 0 atom stereocenters. The van der Waals surface area contributed by atoms with Gasteiger partial charge in [0, 0.05) is 29.6 Å². The van der Waals surface area contributed by atoms with Crippen LogP contribution in [-0.2, 0) is 16.1 Å². The van der Waals surface area contributed by atoms with E-state index in [4.69, 9.17) is 0 Å². The third kappa shape index (κ3) is 7.61. The minimum absolute atomic E-state index is 0.0763. The van der Waals surface area contributed by atoms with Gasteiger partial charge in [-0.2, -0.15) is 0 Å². The number of carbonyl (C=O) groups excluding carboxylic acids is 2. The van der Waals surface area contributed by atoms with Crippen LogP contribution in [0.2, 0.25) is 0 Å². The highest BCUT2D eigenvalue weighted by Gasteiger charge is 2.31. The van der Waals surface area contributed by atoms with Crippen molar-refractivity contribution in [1.29, 1.82) is 0 Å². The number of benzene rings is 2. The predicted molar refractivity (Wildman–Crippen MR) is 96.4 cm³/mol. The average molecular weight is 398 g/mol. The molecule has 0 fully saturated rings. The minimum atomic E-state index is -4.79. The molecule has 0 spiro atoms. The van der Waals surface area contributed by atoms with E-state index in [1.165, 1.54) is 36.9 Å². The first kappa shape index (κ1) is 20.6. The molecule has 144 valence electrons. The Morgan fingerprint density at radius 3 is 2.37 bits per heavy atom. The van der Waals surface area contributed by atoms with Gasteiger partial charge in [-0.1, -0.05) is 18.2 Å². The van der Waals surface area contributed by atoms with E-state index in [0.717, 1.165) is 4.90 Å². The second-order valence-electron chi connectivity index (χ2n) is 5.43. The quantitative estimate of drug-likeness (QED) is 0.693. The summed E-state index contributed by atoms with van der Waals surface area (Å²) in [6.07, 6.45) is -4.79. The topological polar surface area (TPSA) is 67.4 Å². The van der Waals surface area contributed by atoms with Gasteiger partial charge in [-0.05, 0) is 30.3 Å². The Balaban J connectivity index is 1.84. The number of amides is 2. The molecule has 2 aromatic carbocycles. The molecule has 0 saturated heterocycles. The first-order chi connectivity index (χ1) is 12.7. The summed E-state index contributed by atoms with van der Waals surface area (Å²) in [5, 5.41) is 5.21. The van der Waals surface area contributed by atoms with Crippen LogP contribution < -0.4 is 15.4 Å². The number of nitrogens with one attached hydrogen (secondary N) is 2. The summed E-state index contributed by atoms with van der Waals surface area (Å²) in [7, 11) is 0. The van der Waals surface area contributed by atoms with Gasteiger partial charge in [-0.25, -0.2) is 0 Å². The van der Waals surface area contributed by atoms with Crippen LogP contribution in [0.5, 0.6) is 5.75 Å². The van der Waals surface area contributed by atoms with Crippen molar-refractivity contribution in [3.8, 4) is 5.75 Å². The van der Waals surface area contributed by atoms with E-state index < -0.39 is 6.36 Å². The number of thioether (sulfide) groups is 1. The summed E-state index contributed by atoms with van der Waals surface area (Å²) < 4.78 is 41.1. The van der Waals surface area contributed by atoms with Crippen molar-refractivity contribution >= 4 is 29.3 Å². The largest absolute Gasteiger partial charge is 0.573 e. The lowest BCUT2D eigenvalue weighted by Crippen LogP contribution is -2.25. The molecule has 9 heteroatoms. The van der Waals surface area contributed by atoms with Gasteiger partial charge < -0.3 is 15.4 Å². The third-order valence-electron chi connectivity index (χ3n) is 3.22. The number of rotatable bonds is 7. The fourth-order valence-electron chi connectivity index (χ4n) is 2.11. The van der Waals surface area contributed by atoms with Crippen molar-refractivity contribution in [3.63, 3.8) is 0 Å². The lowest BCUT2D eigenvalue weighted by atomic mass is 10.2. The monoisotopic (exact) mass is 398 g/mol. The molecule has 0 aliphatic heterocycles. The predicted octanol–water partition coefficient (Wildman–Crippen LogP) is 3.95. The summed E-state index contributed by atoms with van der Waals surface area (Å²) in [5.41, 5.74) is 0.880. The summed E-state index contributed by atoms with van der Waals surface area (Å²) in [6.45, 7) is 1.33. The number of para-hydroxylation sites is 1. The van der Waals surface area contributed by atoms with E-state index in [9.17, 15) is 22.8 Å². The van der Waals surface area contributed by atoms with Crippen molar-refractivity contribution in [2.24, 2.45) is 0 Å². The normalized spacial score (nSPS) is 11.0. The Kier molecular flexibility index (Phi) is 7.12. The second kappa shape index (κ2) is 9.31. The number of halogens is 3. The van der Waals surface area contributed by atoms with E-state index in [-0.39, 0.29) is 35.4 Å². The molecule has 0 heterocycles. The number of hydrogen-bond acceptors (Lipinski definition) is 4. The Morgan fingerprint density at radius 2 is 1.74 bits per heavy atom. The molecule has 0 unspecified atom stereocenters. The number of ether oxygens (including phenoxy) is 1. The Labute approximate surface area is 158 Å². The highest BCUT2D eigenvalue weighted by Crippen LogP contribution is 2.26. The van der Waals surface area contributed by atoms with Crippen LogP contribution in [0.3, 0.4) is 0 Å². The van der Waals surface area contributed by atoms with Crippen molar-refractivity contribution in [2.45, 2.75) is 24.7 Å². The minimum Gasteiger partial charge on any atom is -0.405 e. The Hall–Kier alpha value is -2.68. The van der Waals surface area contributed by atoms with Gasteiger partial charge in [0.2, 0.25) is 11.8 Å². The summed E-state index contributed by atoms with van der Waals surface area (Å²) in [4.78, 5) is 23.7. The molecule has 2 N–H and O–H groups in total. The number of alkyl halides is 3. The number of anilines is 1. The maximum Gasteiger partial charge on any atom is 0.573 e. The lowest BCUT2D eigenvalue weighted by molar-refractivity contribution is -0.274.